The summed E-state index contributed by atoms with van der Waals surface area (Å²) >= 11 is -3.74. The van der Waals surface area contributed by atoms with Gasteiger partial charge in [0.15, 0.2) is 0 Å². The molecule has 0 amide bonds. The van der Waals surface area contributed by atoms with E-state index in [1.165, 1.54) is 4.00 Å². The van der Waals surface area contributed by atoms with E-state index in [4.69, 9.17) is 0 Å². The molecule has 0 aliphatic heterocycles. The Morgan fingerprint density at radius 3 is 2.06 bits per heavy atom. The molecule has 1 aliphatic rings. The molecule has 0 atom stereocenters. The van der Waals surface area contributed by atoms with E-state index in [9.17, 15) is 0 Å². The molecular weight excluding hydrogens is 301 g/mol. The number of nitrogens with one attached hydrogen (secondary N) is 1. The molecule has 4 heteroatoms. The summed E-state index contributed by atoms with van der Waals surface area (Å²) in [6.45, 7) is 0. The van der Waals surface area contributed by atoms with E-state index in [-0.39, 0.29) is 24.8 Å². The molecule has 1 N–H and O–H groups in total. The average Bonchev–Trinajstić information content (AvgIpc) is 2.76. The molecule has 1 aliphatic carbocycles. The molecule has 105 valence electrons. The summed E-state index contributed by atoms with van der Waals surface area (Å²) in [6.07, 6.45) is 9.95. The van der Waals surface area contributed by atoms with Crippen LogP contribution in [0.2, 0.25) is 26.1 Å². The molecule has 0 saturated heterocycles. The molecule has 2 rings (SSSR count). The number of aromatic amines is 1. The van der Waals surface area contributed by atoms with E-state index >= 15 is 0 Å². The minimum atomic E-state index is -3.74. The van der Waals surface area contributed by atoms with Crippen molar-refractivity contribution in [1.82, 2.24) is 4.98 Å². The maximum atomic E-state index is 3.49. The third-order valence-electron chi connectivity index (χ3n) is 4.62. The molecule has 1 aromatic heterocycles. The van der Waals surface area contributed by atoms with E-state index in [0.29, 0.717) is 0 Å². The van der Waals surface area contributed by atoms with Gasteiger partial charge in [0, 0.05) is 0 Å². The van der Waals surface area contributed by atoms with Crippen molar-refractivity contribution >= 4 is 28.8 Å². The van der Waals surface area contributed by atoms with Crippen LogP contribution in [0.4, 0.5) is 0 Å². The second-order valence-corrected chi connectivity index (χ2v) is 35.7. The molecule has 1 heterocycles. The van der Waals surface area contributed by atoms with Crippen LogP contribution in [0.1, 0.15) is 6.42 Å². The van der Waals surface area contributed by atoms with Gasteiger partial charge in [-0.25, -0.2) is 0 Å². The molecule has 1 aromatic rings. The number of aromatic nitrogens is 1. The Bertz CT molecular complexity index is 508. The van der Waals surface area contributed by atoms with Crippen molar-refractivity contribution in [2.24, 2.45) is 0 Å². The first kappa shape index (κ1) is 18.1. The Hall–Kier alpha value is 0.0543. The fraction of sp³-hybridized carbons (Fsp3) is 0.429. The summed E-state index contributed by atoms with van der Waals surface area (Å²) in [7, 11) is 0. The van der Waals surface area contributed by atoms with Crippen molar-refractivity contribution in [2.75, 3.05) is 0 Å². The van der Waals surface area contributed by atoms with E-state index in [1.807, 2.05) is 6.20 Å². The third kappa shape index (κ3) is 2.51. The average molecular weight is 327 g/mol. The maximum absolute atomic E-state index is 3.74. The topological polar surface area (TPSA) is 15.8 Å². The fourth-order valence-corrected chi connectivity index (χ4v) is 9.84. The SMILES string of the molecule is Cl.Cl.[CH3][Ti]([CH3])([CH3])([CH3])([CH3])([C]1=CC=CC1)[c]1ccc[nH]1. The Kier molecular flexibility index (Phi) is 3.59. The zero-order valence-corrected chi connectivity index (χ0v) is 15.2. The van der Waals surface area contributed by atoms with Gasteiger partial charge in [-0.3, -0.25) is 0 Å². The summed E-state index contributed by atoms with van der Waals surface area (Å²) in [4.78, 5) is 3.49. The van der Waals surface area contributed by atoms with Gasteiger partial charge in [-0.2, -0.15) is 0 Å². The second kappa shape index (κ2) is 3.58. The van der Waals surface area contributed by atoms with Crippen LogP contribution < -0.4 is 4.00 Å². The zero-order chi connectivity index (χ0) is 12.2. The molecule has 0 saturated carbocycles. The van der Waals surface area contributed by atoms with Crippen molar-refractivity contribution in [3.8, 4) is 0 Å². The van der Waals surface area contributed by atoms with Crippen LogP contribution in [0.15, 0.2) is 40.4 Å². The molecule has 0 unspecified atom stereocenters. The zero-order valence-electron chi connectivity index (χ0n) is 12.0. The van der Waals surface area contributed by atoms with E-state index in [2.05, 4.69) is 61.5 Å². The molecule has 0 radical (unpaired) electrons. The monoisotopic (exact) mass is 326 g/mol. The van der Waals surface area contributed by atoms with E-state index < -0.39 is 12.7 Å². The van der Waals surface area contributed by atoms with Crippen LogP contribution in [-0.4, -0.2) is 4.98 Å². The standard InChI is InChI=1S/C5H5.C4H4N.5CH3.2ClH.Ti/c2*1-2-4-5-3-1;;;;;;;;/h1-3H,4H2;1-3,5H;5*1H3;2*1H;. The van der Waals surface area contributed by atoms with Crippen LogP contribution in [-0.2, 0) is 12.7 Å². The first-order chi connectivity index (χ1) is 6.96. The van der Waals surface area contributed by atoms with Crippen molar-refractivity contribution in [2.45, 2.75) is 32.6 Å². The van der Waals surface area contributed by atoms with Gasteiger partial charge in [-0.05, 0) is 0 Å². The van der Waals surface area contributed by atoms with E-state index in [0.717, 1.165) is 6.42 Å². The van der Waals surface area contributed by atoms with Gasteiger partial charge in [0.1, 0.15) is 0 Å². The molecule has 0 bridgehead atoms. The molecule has 0 spiro atoms. The van der Waals surface area contributed by atoms with Crippen molar-refractivity contribution < 1.29 is 12.7 Å². The summed E-state index contributed by atoms with van der Waals surface area (Å²) in [5.74, 6) is 0. The van der Waals surface area contributed by atoms with Crippen molar-refractivity contribution in [3.63, 3.8) is 0 Å². The Morgan fingerprint density at radius 2 is 1.67 bits per heavy atom. The van der Waals surface area contributed by atoms with Gasteiger partial charge in [0.2, 0.25) is 0 Å². The van der Waals surface area contributed by atoms with Gasteiger partial charge in [0.05, 0.1) is 0 Å². The third-order valence-corrected chi connectivity index (χ3v) is 15.8. The molecular formula is C14H26Cl2NTi. The number of H-pyrrole nitrogens is 1. The van der Waals surface area contributed by atoms with Crippen LogP contribution in [0.25, 0.3) is 0 Å². The summed E-state index contributed by atoms with van der Waals surface area (Å²) in [5.41, 5.74) is 0. The Labute approximate surface area is 119 Å². The van der Waals surface area contributed by atoms with Crippen LogP contribution in [0.5, 0.6) is 0 Å². The fourth-order valence-electron chi connectivity index (χ4n) is 2.83. The van der Waals surface area contributed by atoms with Gasteiger partial charge < -0.3 is 0 Å². The number of rotatable bonds is 2. The number of halogens is 2. The van der Waals surface area contributed by atoms with Crippen LogP contribution >= 0.6 is 24.8 Å². The molecule has 1 nitrogen and oxygen atoms in total. The Balaban J connectivity index is 0.00000144. The van der Waals surface area contributed by atoms with Gasteiger partial charge in [-0.15, -0.1) is 24.8 Å². The number of allylic oxidation sites excluding steroid dienone is 4. The predicted octanol–water partition coefficient (Wildman–Crippen LogP) is 5.33. The van der Waals surface area contributed by atoms with Gasteiger partial charge in [-0.1, -0.05) is 0 Å². The number of hydrogen-bond acceptors (Lipinski definition) is 0. The van der Waals surface area contributed by atoms with Gasteiger partial charge >= 0.3 is 94.7 Å². The molecule has 18 heavy (non-hydrogen) atoms. The van der Waals surface area contributed by atoms with Crippen LogP contribution in [0, 0.1) is 0 Å². The first-order valence-electron chi connectivity index (χ1n) is 6.21. The Morgan fingerprint density at radius 1 is 1.06 bits per heavy atom. The quantitative estimate of drug-likeness (QED) is 0.707. The van der Waals surface area contributed by atoms with Crippen molar-refractivity contribution in [1.29, 1.82) is 0 Å². The summed E-state index contributed by atoms with van der Waals surface area (Å²) in [5, 5.41) is 12.5. The molecule has 0 aromatic carbocycles. The predicted molar refractivity (Wildman–Crippen MR) is 86.1 cm³/mol. The number of hydrogen-bond donors (Lipinski definition) is 1. The molecule has 0 fully saturated rings. The van der Waals surface area contributed by atoms with Crippen molar-refractivity contribution in [3.05, 3.63) is 40.4 Å². The van der Waals surface area contributed by atoms with Gasteiger partial charge in [0.25, 0.3) is 0 Å². The second-order valence-electron chi connectivity index (χ2n) is 10.0. The minimum absolute atomic E-state index is 0. The first-order valence-corrected chi connectivity index (χ1v) is 15.6. The normalized spacial score (nSPS) is 20.5. The summed E-state index contributed by atoms with van der Waals surface area (Å²) < 4.78 is 3.04. The van der Waals surface area contributed by atoms with E-state index in [1.54, 1.807) is 3.88 Å². The van der Waals surface area contributed by atoms with Crippen LogP contribution in [0.3, 0.4) is 0 Å². The summed E-state index contributed by atoms with van der Waals surface area (Å²) in [6, 6.07) is 4.37.